The first-order chi connectivity index (χ1) is 7.56. The fourth-order valence-electron chi connectivity index (χ4n) is 1.39. The van der Waals surface area contributed by atoms with E-state index in [4.69, 9.17) is 21.0 Å². The number of methoxy groups -OCH3 is 1. The maximum absolute atomic E-state index is 9.01. The van der Waals surface area contributed by atoms with E-state index < -0.39 is 0 Å². The molecule has 1 aromatic rings. The van der Waals surface area contributed by atoms with Gasteiger partial charge in [-0.05, 0) is 5.92 Å². The minimum atomic E-state index is 0.0404. The number of hydrogen-bond acceptors (Lipinski definition) is 5. The monoisotopic (exact) mass is 216 g/mol. The van der Waals surface area contributed by atoms with Crippen LogP contribution in [0, 0.1) is 22.7 Å². The maximum Gasteiger partial charge on any atom is 0.233 e. The van der Waals surface area contributed by atoms with Crippen molar-refractivity contribution in [2.24, 2.45) is 0 Å². The van der Waals surface area contributed by atoms with Crippen LogP contribution in [0.4, 0.5) is 5.69 Å². The molecule has 2 N–H and O–H groups in total. The molecule has 5 heteroatoms. The molecule has 1 rings (SSSR count). The predicted octanol–water partition coefficient (Wildman–Crippen LogP) is 1.54. The molecule has 0 radical (unpaired) electrons. The van der Waals surface area contributed by atoms with E-state index in [1.54, 1.807) is 0 Å². The summed E-state index contributed by atoms with van der Waals surface area (Å²) in [4.78, 5) is 4.15. The van der Waals surface area contributed by atoms with Gasteiger partial charge in [-0.15, -0.1) is 0 Å². The number of nitrogen functional groups attached to an aromatic ring is 1. The molecule has 0 aliphatic rings. The molecule has 0 spiro atoms. The molecule has 82 valence electrons. The van der Waals surface area contributed by atoms with Gasteiger partial charge >= 0.3 is 0 Å². The van der Waals surface area contributed by atoms with Gasteiger partial charge in [0.2, 0.25) is 5.88 Å². The second-order valence-electron chi connectivity index (χ2n) is 3.55. The van der Waals surface area contributed by atoms with E-state index in [2.05, 4.69) is 4.98 Å². The van der Waals surface area contributed by atoms with Crippen LogP contribution in [0.1, 0.15) is 36.6 Å². The van der Waals surface area contributed by atoms with Gasteiger partial charge < -0.3 is 10.5 Å². The molecule has 0 amide bonds. The van der Waals surface area contributed by atoms with Crippen LogP contribution in [0.15, 0.2) is 0 Å². The Labute approximate surface area is 94.1 Å². The summed E-state index contributed by atoms with van der Waals surface area (Å²) in [5.41, 5.74) is 6.82. The van der Waals surface area contributed by atoms with Crippen molar-refractivity contribution in [3.05, 3.63) is 16.8 Å². The highest BCUT2D eigenvalue weighted by atomic mass is 16.5. The van der Waals surface area contributed by atoms with Crippen LogP contribution >= 0.6 is 0 Å². The topological polar surface area (TPSA) is 95.7 Å². The number of rotatable bonds is 2. The molecule has 0 fully saturated rings. The van der Waals surface area contributed by atoms with Crippen LogP contribution in [0.2, 0.25) is 0 Å². The van der Waals surface area contributed by atoms with Gasteiger partial charge in [-0.25, -0.2) is 4.98 Å². The van der Waals surface area contributed by atoms with E-state index in [0.29, 0.717) is 5.69 Å². The fraction of sp³-hybridized carbons (Fsp3) is 0.364. The molecule has 0 saturated heterocycles. The number of nitriles is 2. The van der Waals surface area contributed by atoms with Gasteiger partial charge in [0.25, 0.3) is 0 Å². The largest absolute Gasteiger partial charge is 0.480 e. The smallest absolute Gasteiger partial charge is 0.233 e. The van der Waals surface area contributed by atoms with Crippen molar-refractivity contribution in [1.82, 2.24) is 4.98 Å². The molecule has 1 heterocycles. The first-order valence-electron chi connectivity index (χ1n) is 4.74. The second-order valence-corrected chi connectivity index (χ2v) is 3.55. The molecule has 0 aromatic carbocycles. The Morgan fingerprint density at radius 3 is 2.19 bits per heavy atom. The summed E-state index contributed by atoms with van der Waals surface area (Å²) < 4.78 is 4.98. The zero-order valence-corrected chi connectivity index (χ0v) is 9.40. The van der Waals surface area contributed by atoms with Gasteiger partial charge in [-0.3, -0.25) is 0 Å². The molecule has 0 atom stereocenters. The van der Waals surface area contributed by atoms with E-state index >= 15 is 0 Å². The number of pyridine rings is 1. The SMILES string of the molecule is COc1nc(C(C)C)c(C#N)c(N)c1C#N. The zero-order valence-electron chi connectivity index (χ0n) is 9.40. The highest BCUT2D eigenvalue weighted by Crippen LogP contribution is 2.30. The summed E-state index contributed by atoms with van der Waals surface area (Å²) in [6.45, 7) is 3.79. The van der Waals surface area contributed by atoms with Gasteiger partial charge in [0.15, 0.2) is 0 Å². The van der Waals surface area contributed by atoms with E-state index in [0.717, 1.165) is 0 Å². The lowest BCUT2D eigenvalue weighted by atomic mass is 10.0. The van der Waals surface area contributed by atoms with Crippen molar-refractivity contribution in [2.45, 2.75) is 19.8 Å². The first-order valence-corrected chi connectivity index (χ1v) is 4.74. The number of nitrogens with zero attached hydrogens (tertiary/aromatic N) is 3. The lowest BCUT2D eigenvalue weighted by Crippen LogP contribution is -2.07. The first kappa shape index (κ1) is 11.8. The highest BCUT2D eigenvalue weighted by Gasteiger charge is 2.19. The van der Waals surface area contributed by atoms with Crippen LogP contribution in [0.5, 0.6) is 5.88 Å². The lowest BCUT2D eigenvalue weighted by Gasteiger charge is -2.12. The van der Waals surface area contributed by atoms with Gasteiger partial charge in [0, 0.05) is 0 Å². The molecule has 0 saturated carbocycles. The third kappa shape index (κ3) is 1.76. The number of hydrogen-bond donors (Lipinski definition) is 1. The second kappa shape index (κ2) is 4.50. The van der Waals surface area contributed by atoms with Crippen molar-refractivity contribution < 1.29 is 4.74 Å². The van der Waals surface area contributed by atoms with Crippen LogP contribution in [-0.4, -0.2) is 12.1 Å². The van der Waals surface area contributed by atoms with Crippen molar-refractivity contribution in [1.29, 1.82) is 10.5 Å². The van der Waals surface area contributed by atoms with Crippen LogP contribution in [-0.2, 0) is 0 Å². The summed E-state index contributed by atoms with van der Waals surface area (Å²) in [7, 11) is 1.42. The summed E-state index contributed by atoms with van der Waals surface area (Å²) in [5.74, 6) is 0.210. The van der Waals surface area contributed by atoms with Gasteiger partial charge in [0.05, 0.1) is 24.1 Å². The molecule has 0 unspecified atom stereocenters. The fourth-order valence-corrected chi connectivity index (χ4v) is 1.39. The van der Waals surface area contributed by atoms with Crippen molar-refractivity contribution in [3.63, 3.8) is 0 Å². The number of ether oxygens (including phenoxy) is 1. The summed E-state index contributed by atoms with van der Waals surface area (Å²) in [6.07, 6.45) is 0. The van der Waals surface area contributed by atoms with Gasteiger partial charge in [-0.2, -0.15) is 10.5 Å². The van der Waals surface area contributed by atoms with E-state index in [-0.39, 0.29) is 28.6 Å². The highest BCUT2D eigenvalue weighted by molar-refractivity contribution is 5.68. The third-order valence-electron chi connectivity index (χ3n) is 2.19. The summed E-state index contributed by atoms with van der Waals surface area (Å²) in [6, 6.07) is 3.87. The number of nitrogens with two attached hydrogens (primary N) is 1. The average Bonchev–Trinajstić information content (AvgIpc) is 2.27. The minimum absolute atomic E-state index is 0.0404. The normalized spacial score (nSPS) is 9.62. The molecule has 0 aliphatic heterocycles. The molecule has 1 aromatic heterocycles. The van der Waals surface area contributed by atoms with E-state index in [1.807, 2.05) is 26.0 Å². The summed E-state index contributed by atoms with van der Waals surface area (Å²) >= 11 is 0. The number of anilines is 1. The third-order valence-corrected chi connectivity index (χ3v) is 2.19. The molecule has 0 bridgehead atoms. The average molecular weight is 216 g/mol. The van der Waals surface area contributed by atoms with Crippen LogP contribution in [0.25, 0.3) is 0 Å². The summed E-state index contributed by atoms with van der Waals surface area (Å²) in [5, 5.41) is 17.9. The van der Waals surface area contributed by atoms with Gasteiger partial charge in [-0.1, -0.05) is 13.8 Å². The zero-order chi connectivity index (χ0) is 12.3. The minimum Gasteiger partial charge on any atom is -0.480 e. The van der Waals surface area contributed by atoms with Crippen LogP contribution < -0.4 is 10.5 Å². The van der Waals surface area contributed by atoms with Crippen molar-refractivity contribution in [3.8, 4) is 18.0 Å². The standard InChI is InChI=1S/C11H12N4O/c1-6(2)10-7(4-12)9(14)8(5-13)11(15-10)16-3/h6H,1-3H3,(H2,14,15). The van der Waals surface area contributed by atoms with Gasteiger partial charge in [0.1, 0.15) is 17.7 Å². The Bertz CT molecular complexity index is 494. The molecule has 16 heavy (non-hydrogen) atoms. The van der Waals surface area contributed by atoms with E-state index in [1.165, 1.54) is 7.11 Å². The van der Waals surface area contributed by atoms with Crippen molar-refractivity contribution in [2.75, 3.05) is 12.8 Å². The molecular formula is C11H12N4O. The molecule has 0 aliphatic carbocycles. The Morgan fingerprint density at radius 2 is 1.81 bits per heavy atom. The Kier molecular flexibility index (Phi) is 3.32. The molecule has 5 nitrogen and oxygen atoms in total. The maximum atomic E-state index is 9.01. The molecular weight excluding hydrogens is 204 g/mol. The quantitative estimate of drug-likeness (QED) is 0.808. The predicted molar refractivity (Wildman–Crippen MR) is 58.7 cm³/mol. The van der Waals surface area contributed by atoms with E-state index in [9.17, 15) is 0 Å². The van der Waals surface area contributed by atoms with Crippen molar-refractivity contribution >= 4 is 5.69 Å². The van der Waals surface area contributed by atoms with Crippen LogP contribution in [0.3, 0.4) is 0 Å². The number of aromatic nitrogens is 1. The lowest BCUT2D eigenvalue weighted by molar-refractivity contribution is 0.394. The Balaban J connectivity index is 3.64. The Morgan fingerprint density at radius 1 is 1.25 bits per heavy atom. The Hall–Kier alpha value is -2.27.